The third-order valence-electron chi connectivity index (χ3n) is 3.85. The van der Waals surface area contributed by atoms with E-state index < -0.39 is 0 Å². The Kier molecular flexibility index (Phi) is 4.26. The molecule has 1 saturated heterocycles. The van der Waals surface area contributed by atoms with Gasteiger partial charge in [-0.1, -0.05) is 32.9 Å². The third kappa shape index (κ3) is 3.54. The molecular weight excluding hydrogens is 240 g/mol. The lowest BCUT2D eigenvalue weighted by atomic mass is 9.92. The van der Waals surface area contributed by atoms with E-state index in [1.165, 1.54) is 6.42 Å². The molecule has 1 aromatic heterocycles. The van der Waals surface area contributed by atoms with Crippen LogP contribution in [0.3, 0.4) is 0 Å². The Hall–Kier alpha value is -0.940. The Labute approximate surface area is 115 Å². The first-order valence-corrected chi connectivity index (χ1v) is 7.17. The first kappa shape index (κ1) is 14.5. The molecule has 108 valence electrons. The van der Waals surface area contributed by atoms with E-state index in [-0.39, 0.29) is 5.41 Å². The van der Waals surface area contributed by atoms with Gasteiger partial charge < -0.3 is 10.3 Å². The van der Waals surface area contributed by atoms with Gasteiger partial charge in [-0.3, -0.25) is 4.90 Å². The van der Waals surface area contributed by atoms with E-state index >= 15 is 0 Å². The zero-order valence-electron chi connectivity index (χ0n) is 12.5. The van der Waals surface area contributed by atoms with Crippen molar-refractivity contribution in [1.82, 2.24) is 15.0 Å². The fraction of sp³-hybridized carbons (Fsp3) is 0.857. The smallest absolute Gasteiger partial charge is 0.240 e. The summed E-state index contributed by atoms with van der Waals surface area (Å²) in [5.74, 6) is 2.24. The van der Waals surface area contributed by atoms with Crippen LogP contribution in [-0.4, -0.2) is 34.2 Å². The van der Waals surface area contributed by atoms with Crippen molar-refractivity contribution in [2.24, 2.45) is 11.7 Å². The van der Waals surface area contributed by atoms with Gasteiger partial charge in [0.2, 0.25) is 5.89 Å². The van der Waals surface area contributed by atoms with Gasteiger partial charge in [-0.15, -0.1) is 0 Å². The van der Waals surface area contributed by atoms with Crippen LogP contribution in [0.25, 0.3) is 0 Å². The molecule has 0 spiro atoms. The number of likely N-dealkylation sites (tertiary alicyclic amines) is 1. The van der Waals surface area contributed by atoms with Crippen molar-refractivity contribution >= 4 is 0 Å². The van der Waals surface area contributed by atoms with E-state index in [9.17, 15) is 0 Å². The van der Waals surface area contributed by atoms with Crippen molar-refractivity contribution in [1.29, 1.82) is 0 Å². The fourth-order valence-electron chi connectivity index (χ4n) is 2.55. The lowest BCUT2D eigenvalue weighted by molar-refractivity contribution is 0.102. The maximum atomic E-state index is 5.88. The van der Waals surface area contributed by atoms with Gasteiger partial charge in [0, 0.05) is 18.0 Å². The van der Waals surface area contributed by atoms with E-state index in [0.717, 1.165) is 31.3 Å². The zero-order chi connectivity index (χ0) is 14.0. The zero-order valence-corrected chi connectivity index (χ0v) is 12.5. The van der Waals surface area contributed by atoms with Crippen LogP contribution in [0.5, 0.6) is 0 Å². The highest BCUT2D eigenvalue weighted by molar-refractivity contribution is 5.00. The van der Waals surface area contributed by atoms with Crippen molar-refractivity contribution in [3.05, 3.63) is 11.7 Å². The number of nitrogens with two attached hydrogens (primary N) is 1. The maximum Gasteiger partial charge on any atom is 0.240 e. The van der Waals surface area contributed by atoms with Crippen molar-refractivity contribution < 1.29 is 4.52 Å². The van der Waals surface area contributed by atoms with Crippen molar-refractivity contribution in [2.45, 2.75) is 58.5 Å². The Bertz CT molecular complexity index is 410. The summed E-state index contributed by atoms with van der Waals surface area (Å²) in [6.45, 7) is 11.1. The molecule has 0 aromatic carbocycles. The second kappa shape index (κ2) is 5.59. The number of hydrogen-bond donors (Lipinski definition) is 1. The standard InChI is InChI=1S/C14H26N4O/c1-10-5-6-18(11(7-10)8-15)9-12-16-13(17-19-12)14(2,3)4/h10-11H,5-9,15H2,1-4H3. The SMILES string of the molecule is CC1CCN(Cc2nc(C(C)(C)C)no2)C(CN)C1. The largest absolute Gasteiger partial charge is 0.338 e. The molecule has 2 unspecified atom stereocenters. The van der Waals surface area contributed by atoms with Crippen molar-refractivity contribution in [2.75, 3.05) is 13.1 Å². The summed E-state index contributed by atoms with van der Waals surface area (Å²) in [6.07, 6.45) is 2.38. The van der Waals surface area contributed by atoms with Crippen molar-refractivity contribution in [3.8, 4) is 0 Å². The molecule has 19 heavy (non-hydrogen) atoms. The van der Waals surface area contributed by atoms with Crippen LogP contribution in [0.1, 0.15) is 52.3 Å². The fourth-order valence-corrected chi connectivity index (χ4v) is 2.55. The summed E-state index contributed by atoms with van der Waals surface area (Å²) in [5.41, 5.74) is 5.81. The molecule has 1 aromatic rings. The monoisotopic (exact) mass is 266 g/mol. The minimum absolute atomic E-state index is 0.0641. The molecule has 0 bridgehead atoms. The van der Waals surface area contributed by atoms with Crippen molar-refractivity contribution in [3.63, 3.8) is 0 Å². The molecule has 0 saturated carbocycles. The third-order valence-corrected chi connectivity index (χ3v) is 3.85. The summed E-state index contributed by atoms with van der Waals surface area (Å²) < 4.78 is 5.37. The van der Waals surface area contributed by atoms with E-state index in [2.05, 4.69) is 42.7 Å². The molecule has 0 aliphatic carbocycles. The van der Waals surface area contributed by atoms with Gasteiger partial charge in [-0.25, -0.2) is 0 Å². The minimum Gasteiger partial charge on any atom is -0.338 e. The van der Waals surface area contributed by atoms with E-state index in [0.29, 0.717) is 18.5 Å². The average Bonchev–Trinajstić information content (AvgIpc) is 2.79. The summed E-state index contributed by atoms with van der Waals surface area (Å²) in [4.78, 5) is 6.88. The van der Waals surface area contributed by atoms with E-state index in [4.69, 9.17) is 10.3 Å². The highest BCUT2D eigenvalue weighted by atomic mass is 16.5. The minimum atomic E-state index is -0.0641. The number of nitrogens with zero attached hydrogens (tertiary/aromatic N) is 3. The molecule has 5 nitrogen and oxygen atoms in total. The Morgan fingerprint density at radius 2 is 2.16 bits per heavy atom. The summed E-state index contributed by atoms with van der Waals surface area (Å²) in [6, 6.07) is 0.439. The number of aromatic nitrogens is 2. The predicted molar refractivity (Wildman–Crippen MR) is 74.6 cm³/mol. The first-order valence-electron chi connectivity index (χ1n) is 7.17. The molecule has 2 heterocycles. The van der Waals surface area contributed by atoms with Crippen LogP contribution < -0.4 is 5.73 Å². The summed E-state index contributed by atoms with van der Waals surface area (Å²) in [5, 5.41) is 4.07. The summed E-state index contributed by atoms with van der Waals surface area (Å²) >= 11 is 0. The Balaban J connectivity index is 2.02. The predicted octanol–water partition coefficient (Wildman–Crippen LogP) is 1.93. The van der Waals surface area contributed by atoms with Gasteiger partial charge in [-0.2, -0.15) is 4.98 Å². The molecule has 0 amide bonds. The summed E-state index contributed by atoms with van der Waals surface area (Å²) in [7, 11) is 0. The van der Waals surface area contributed by atoms with Crippen LogP contribution in [0.15, 0.2) is 4.52 Å². The molecule has 5 heteroatoms. The van der Waals surface area contributed by atoms with Gasteiger partial charge >= 0.3 is 0 Å². The highest BCUT2D eigenvalue weighted by Crippen LogP contribution is 2.24. The molecule has 2 rings (SSSR count). The van der Waals surface area contributed by atoms with Crippen LogP contribution in [0.4, 0.5) is 0 Å². The van der Waals surface area contributed by atoms with Gasteiger partial charge in [0.15, 0.2) is 5.82 Å². The van der Waals surface area contributed by atoms with Gasteiger partial charge in [-0.05, 0) is 25.3 Å². The van der Waals surface area contributed by atoms with Crippen LogP contribution >= 0.6 is 0 Å². The molecule has 2 N–H and O–H groups in total. The van der Waals surface area contributed by atoms with Gasteiger partial charge in [0.1, 0.15) is 0 Å². The highest BCUT2D eigenvalue weighted by Gasteiger charge is 2.27. The molecule has 1 aliphatic heterocycles. The molecule has 2 atom stereocenters. The molecule has 0 radical (unpaired) electrons. The van der Waals surface area contributed by atoms with Gasteiger partial charge in [0.25, 0.3) is 0 Å². The first-order chi connectivity index (χ1) is 8.90. The molecule has 1 aliphatic rings. The van der Waals surface area contributed by atoms with Crippen LogP contribution in [0, 0.1) is 5.92 Å². The second-order valence-electron chi connectivity index (χ2n) is 6.75. The lowest BCUT2D eigenvalue weighted by Gasteiger charge is -2.36. The maximum absolute atomic E-state index is 5.88. The van der Waals surface area contributed by atoms with E-state index in [1.807, 2.05) is 0 Å². The van der Waals surface area contributed by atoms with Gasteiger partial charge in [0.05, 0.1) is 6.54 Å². The second-order valence-corrected chi connectivity index (χ2v) is 6.75. The van der Waals surface area contributed by atoms with Crippen LogP contribution in [-0.2, 0) is 12.0 Å². The molecule has 1 fully saturated rings. The normalized spacial score (nSPS) is 25.7. The number of hydrogen-bond acceptors (Lipinski definition) is 5. The average molecular weight is 266 g/mol. The quantitative estimate of drug-likeness (QED) is 0.905. The topological polar surface area (TPSA) is 68.2 Å². The lowest BCUT2D eigenvalue weighted by Crippen LogP contribution is -2.45. The van der Waals surface area contributed by atoms with Crippen LogP contribution in [0.2, 0.25) is 0 Å². The number of rotatable bonds is 3. The number of piperidine rings is 1. The molecular formula is C14H26N4O. The Morgan fingerprint density at radius 3 is 2.74 bits per heavy atom. The Morgan fingerprint density at radius 1 is 1.42 bits per heavy atom. The van der Waals surface area contributed by atoms with E-state index in [1.54, 1.807) is 0 Å².